The van der Waals surface area contributed by atoms with Gasteiger partial charge in [-0.25, -0.2) is 0 Å². The van der Waals surface area contributed by atoms with Crippen LogP contribution in [0.15, 0.2) is 0 Å². The fraction of sp³-hybridized carbons (Fsp3) is 0.857. The van der Waals surface area contributed by atoms with E-state index < -0.39 is 14.8 Å². The average Bonchev–Trinajstić information content (AvgIpc) is 2.92. The van der Waals surface area contributed by atoms with E-state index >= 15 is 0 Å². The fourth-order valence-corrected chi connectivity index (χ4v) is 5.03. The minimum atomic E-state index is -2.60. The molecule has 0 aromatic heterocycles. The zero-order valence-corrected chi connectivity index (χ0v) is 14.9. The van der Waals surface area contributed by atoms with Crippen LogP contribution in [0.2, 0.25) is 6.04 Å². The summed E-state index contributed by atoms with van der Waals surface area (Å²) in [5.74, 6) is -0.762. The second-order valence-corrected chi connectivity index (χ2v) is 7.80. The van der Waals surface area contributed by atoms with Gasteiger partial charge in [0.15, 0.2) is 0 Å². The first kappa shape index (κ1) is 19.1. The molecule has 0 radical (unpaired) electrons. The van der Waals surface area contributed by atoms with Crippen LogP contribution in [0.4, 0.5) is 0 Å². The van der Waals surface area contributed by atoms with E-state index in [0.29, 0.717) is 26.4 Å². The van der Waals surface area contributed by atoms with Crippen LogP contribution < -0.4 is 0 Å². The summed E-state index contributed by atoms with van der Waals surface area (Å²) in [6, 6.07) is 0.742. The van der Waals surface area contributed by atoms with Gasteiger partial charge in [-0.15, -0.1) is 0 Å². The van der Waals surface area contributed by atoms with Gasteiger partial charge in [-0.05, 0) is 20.8 Å². The number of hydrogen-bond acceptors (Lipinski definition) is 5. The molecule has 0 aromatic carbocycles. The third-order valence-electron chi connectivity index (χ3n) is 3.41. The second-order valence-electron chi connectivity index (χ2n) is 5.06. The lowest BCUT2D eigenvalue weighted by Gasteiger charge is -2.28. The lowest BCUT2D eigenvalue weighted by Crippen LogP contribution is -2.47. The summed E-state index contributed by atoms with van der Waals surface area (Å²) in [5, 5.41) is 8.73. The monoisotopic (exact) mass is 333 g/mol. The number of aliphatic carboxylic acids is 1. The van der Waals surface area contributed by atoms with Gasteiger partial charge in [0.2, 0.25) is 6.34 Å². The normalized spacial score (nSPS) is 15.2. The molecule has 0 unspecified atom stereocenters. The number of carboxylic acids is 1. The van der Waals surface area contributed by atoms with Crippen molar-refractivity contribution in [3.05, 3.63) is 0 Å². The predicted octanol–water partition coefficient (Wildman–Crippen LogP) is 0.866. The summed E-state index contributed by atoms with van der Waals surface area (Å²) in [4.78, 5) is 12.7. The molecule has 1 rings (SSSR count). The third kappa shape index (κ3) is 6.43. The smallest absolute Gasteiger partial charge is 0.481 e. The van der Waals surface area contributed by atoms with Crippen LogP contribution >= 0.6 is 0 Å². The molecular formula is C14H29N2O5Si+. The Morgan fingerprint density at radius 1 is 1.23 bits per heavy atom. The predicted molar refractivity (Wildman–Crippen MR) is 85.3 cm³/mol. The largest absolute Gasteiger partial charge is 0.504 e. The maximum atomic E-state index is 10.6. The molecule has 0 fully saturated rings. The molecule has 0 atom stereocenters. The summed E-state index contributed by atoms with van der Waals surface area (Å²) in [6.45, 7) is 10.7. The van der Waals surface area contributed by atoms with Crippen LogP contribution in [0, 0.1) is 0 Å². The zero-order chi connectivity index (χ0) is 16.4. The summed E-state index contributed by atoms with van der Waals surface area (Å²) in [5.41, 5.74) is 0. The Hall–Kier alpha value is -0.963. The summed E-state index contributed by atoms with van der Waals surface area (Å²) >= 11 is 0. The minimum absolute atomic E-state index is 0.167. The first-order chi connectivity index (χ1) is 10.5. The van der Waals surface area contributed by atoms with Gasteiger partial charge >= 0.3 is 14.8 Å². The van der Waals surface area contributed by atoms with E-state index in [-0.39, 0.29) is 6.42 Å². The Kier molecular flexibility index (Phi) is 8.62. The number of carbonyl (C=O) groups is 1. The van der Waals surface area contributed by atoms with E-state index in [1.54, 1.807) is 0 Å². The molecule has 8 heteroatoms. The Labute approximate surface area is 133 Å². The highest BCUT2D eigenvalue weighted by molar-refractivity contribution is 6.60. The highest BCUT2D eigenvalue weighted by Crippen LogP contribution is 2.16. The van der Waals surface area contributed by atoms with Gasteiger partial charge in [0.25, 0.3) is 0 Å². The third-order valence-corrected chi connectivity index (χ3v) is 6.43. The van der Waals surface area contributed by atoms with Gasteiger partial charge in [0.05, 0.1) is 25.6 Å². The summed E-state index contributed by atoms with van der Waals surface area (Å²) in [6.07, 6.45) is 2.17. The number of nitrogens with zero attached hydrogens (tertiary/aromatic N) is 2. The van der Waals surface area contributed by atoms with Gasteiger partial charge in [0.1, 0.15) is 13.1 Å². The van der Waals surface area contributed by atoms with Crippen molar-refractivity contribution >= 4 is 21.1 Å². The fourth-order valence-electron chi connectivity index (χ4n) is 2.46. The first-order valence-electron chi connectivity index (χ1n) is 8.02. The molecule has 0 aliphatic carbocycles. The van der Waals surface area contributed by atoms with Gasteiger partial charge < -0.3 is 18.4 Å². The van der Waals surface area contributed by atoms with Crippen LogP contribution in [0.3, 0.4) is 0 Å². The molecule has 22 heavy (non-hydrogen) atoms. The second kappa shape index (κ2) is 9.93. The average molecular weight is 333 g/mol. The molecule has 0 spiro atoms. The maximum Gasteiger partial charge on any atom is 0.504 e. The van der Waals surface area contributed by atoms with Crippen molar-refractivity contribution in [3.8, 4) is 0 Å². The van der Waals surface area contributed by atoms with E-state index in [4.69, 9.17) is 18.4 Å². The number of hydrogen-bond donors (Lipinski definition) is 1. The number of carboxylic acid groups (broad SMARTS) is 1. The first-order valence-corrected chi connectivity index (χ1v) is 9.95. The Bertz CT molecular complexity index is 361. The van der Waals surface area contributed by atoms with Gasteiger partial charge in [0, 0.05) is 19.8 Å². The highest BCUT2D eigenvalue weighted by atomic mass is 28.4. The molecule has 1 aliphatic rings. The van der Waals surface area contributed by atoms with Crippen LogP contribution in [0.25, 0.3) is 0 Å². The molecule has 0 saturated carbocycles. The van der Waals surface area contributed by atoms with Gasteiger partial charge in [-0.2, -0.15) is 0 Å². The number of rotatable bonds is 12. The SMILES string of the molecule is CCO[Si](CC[N+]1=CN(CCC(=O)O)CC1)(OCC)OCC. The van der Waals surface area contributed by atoms with Crippen molar-refractivity contribution < 1.29 is 27.8 Å². The van der Waals surface area contributed by atoms with E-state index in [9.17, 15) is 4.79 Å². The Morgan fingerprint density at radius 2 is 1.82 bits per heavy atom. The molecule has 0 amide bonds. The molecule has 1 N–H and O–H groups in total. The Balaban J connectivity index is 2.53. The molecule has 128 valence electrons. The van der Waals surface area contributed by atoms with Crippen LogP contribution in [0.1, 0.15) is 27.2 Å². The molecule has 1 heterocycles. The Morgan fingerprint density at radius 3 is 2.32 bits per heavy atom. The van der Waals surface area contributed by atoms with Crippen molar-refractivity contribution in [2.75, 3.05) is 46.0 Å². The van der Waals surface area contributed by atoms with Crippen molar-refractivity contribution in [3.63, 3.8) is 0 Å². The maximum absolute atomic E-state index is 10.6. The lowest BCUT2D eigenvalue weighted by molar-refractivity contribution is -0.510. The molecular weight excluding hydrogens is 304 g/mol. The van der Waals surface area contributed by atoms with E-state index in [2.05, 4.69) is 4.58 Å². The lowest BCUT2D eigenvalue weighted by atomic mass is 10.4. The van der Waals surface area contributed by atoms with Crippen molar-refractivity contribution in [2.45, 2.75) is 33.2 Å². The van der Waals surface area contributed by atoms with Crippen LogP contribution in [-0.4, -0.2) is 81.7 Å². The van der Waals surface area contributed by atoms with E-state index in [1.165, 1.54) is 0 Å². The van der Waals surface area contributed by atoms with Crippen molar-refractivity contribution in [1.82, 2.24) is 4.90 Å². The quantitative estimate of drug-likeness (QED) is 0.422. The molecule has 0 saturated heterocycles. The van der Waals surface area contributed by atoms with Crippen LogP contribution in [0.5, 0.6) is 0 Å². The van der Waals surface area contributed by atoms with Crippen molar-refractivity contribution in [1.29, 1.82) is 0 Å². The topological polar surface area (TPSA) is 71.2 Å². The zero-order valence-electron chi connectivity index (χ0n) is 13.9. The van der Waals surface area contributed by atoms with E-state index in [1.807, 2.05) is 32.0 Å². The molecule has 0 bridgehead atoms. The minimum Gasteiger partial charge on any atom is -0.481 e. The van der Waals surface area contributed by atoms with Gasteiger partial charge in [-0.3, -0.25) is 14.3 Å². The van der Waals surface area contributed by atoms with E-state index in [0.717, 1.165) is 25.7 Å². The van der Waals surface area contributed by atoms with Crippen LogP contribution in [-0.2, 0) is 18.1 Å². The molecule has 7 nitrogen and oxygen atoms in total. The molecule has 0 aromatic rings. The standard InChI is InChI=1S/C14H28N2O5Si/c1-4-19-22(20-5-2,21-6-3)12-11-16-10-9-15(13-16)8-7-14(17)18/h13H,4-12H2,1-3H3/p+1. The van der Waals surface area contributed by atoms with Crippen molar-refractivity contribution in [2.24, 2.45) is 0 Å². The highest BCUT2D eigenvalue weighted by Gasteiger charge is 2.41. The van der Waals surface area contributed by atoms with Gasteiger partial charge in [-0.1, -0.05) is 0 Å². The summed E-state index contributed by atoms with van der Waals surface area (Å²) in [7, 11) is -2.60. The summed E-state index contributed by atoms with van der Waals surface area (Å²) < 4.78 is 19.7. The molecule has 1 aliphatic heterocycles.